The molecule has 0 aliphatic carbocycles. The van der Waals surface area contributed by atoms with E-state index in [4.69, 9.17) is 9.47 Å². The number of aromatic nitrogens is 2. The molecule has 1 N–H and O–H groups in total. The number of benzene rings is 1. The number of rotatable bonds is 6. The Bertz CT molecular complexity index is 560. The van der Waals surface area contributed by atoms with Crippen LogP contribution in [0.15, 0.2) is 36.7 Å². The summed E-state index contributed by atoms with van der Waals surface area (Å²) in [4.78, 5) is 8.11. The van der Waals surface area contributed by atoms with E-state index in [-0.39, 0.29) is 0 Å². The van der Waals surface area contributed by atoms with Gasteiger partial charge in [0.1, 0.15) is 17.5 Å². The van der Waals surface area contributed by atoms with Crippen LogP contribution in [-0.2, 0) is 0 Å². The molecule has 0 aliphatic rings. The third-order valence-electron chi connectivity index (χ3n) is 2.85. The predicted molar refractivity (Wildman–Crippen MR) is 74.8 cm³/mol. The van der Waals surface area contributed by atoms with Gasteiger partial charge in [0, 0.05) is 18.8 Å². The van der Waals surface area contributed by atoms with E-state index in [2.05, 4.69) is 9.97 Å². The van der Waals surface area contributed by atoms with Gasteiger partial charge in [-0.3, -0.25) is 4.98 Å². The Morgan fingerprint density at radius 1 is 1.25 bits per heavy atom. The lowest BCUT2D eigenvalue weighted by molar-refractivity contribution is 0.132. The van der Waals surface area contributed by atoms with Crippen molar-refractivity contribution >= 4 is 0 Å². The molecule has 0 bridgehead atoms. The summed E-state index contributed by atoms with van der Waals surface area (Å²) in [6.45, 7) is 2.40. The van der Waals surface area contributed by atoms with Gasteiger partial charge in [0.2, 0.25) is 5.88 Å². The third kappa shape index (κ3) is 3.68. The first-order valence-corrected chi connectivity index (χ1v) is 6.43. The second-order valence-corrected chi connectivity index (χ2v) is 4.42. The van der Waals surface area contributed by atoms with Crippen molar-refractivity contribution < 1.29 is 14.6 Å². The fraction of sp³-hybridized carbons (Fsp3) is 0.333. The van der Waals surface area contributed by atoms with Crippen molar-refractivity contribution in [3.63, 3.8) is 0 Å². The molecule has 1 heterocycles. The van der Waals surface area contributed by atoms with Gasteiger partial charge >= 0.3 is 0 Å². The molecule has 2 rings (SSSR count). The first-order chi connectivity index (χ1) is 9.70. The summed E-state index contributed by atoms with van der Waals surface area (Å²) in [5.41, 5.74) is 1.57. The molecule has 0 spiro atoms. The van der Waals surface area contributed by atoms with Crippen molar-refractivity contribution in [3.8, 4) is 11.6 Å². The minimum absolute atomic E-state index is 0.343. The monoisotopic (exact) mass is 274 g/mol. The highest BCUT2D eigenvalue weighted by Gasteiger charge is 2.15. The normalized spacial score (nSPS) is 11.9. The minimum Gasteiger partial charge on any atom is -0.493 e. The lowest BCUT2D eigenvalue weighted by Gasteiger charge is -2.13. The number of nitrogens with zero attached hydrogens (tertiary/aromatic N) is 2. The van der Waals surface area contributed by atoms with Crippen LogP contribution in [0.1, 0.15) is 23.8 Å². The predicted octanol–water partition coefficient (Wildman–Crippen LogP) is 2.30. The lowest BCUT2D eigenvalue weighted by Crippen LogP contribution is -2.09. The van der Waals surface area contributed by atoms with Gasteiger partial charge in [-0.15, -0.1) is 0 Å². The summed E-state index contributed by atoms with van der Waals surface area (Å²) in [6, 6.07) is 7.79. The van der Waals surface area contributed by atoms with E-state index in [1.54, 1.807) is 0 Å². The SMILES string of the molecule is COc1nccnc1C(O)CCOc1cccc(C)c1. The van der Waals surface area contributed by atoms with Gasteiger partial charge in [-0.1, -0.05) is 12.1 Å². The molecule has 5 heteroatoms. The van der Waals surface area contributed by atoms with Crippen LogP contribution in [-0.4, -0.2) is 28.8 Å². The van der Waals surface area contributed by atoms with Crippen LogP contribution in [0, 0.1) is 6.92 Å². The van der Waals surface area contributed by atoms with Gasteiger partial charge in [-0.05, 0) is 24.6 Å². The number of hydrogen-bond acceptors (Lipinski definition) is 5. The number of aliphatic hydroxyl groups is 1. The number of ether oxygens (including phenoxy) is 2. The quantitative estimate of drug-likeness (QED) is 0.875. The average Bonchev–Trinajstić information content (AvgIpc) is 2.47. The van der Waals surface area contributed by atoms with Gasteiger partial charge in [0.05, 0.1) is 13.7 Å². The van der Waals surface area contributed by atoms with Crippen molar-refractivity contribution in [1.29, 1.82) is 0 Å². The molecule has 1 atom stereocenters. The highest BCUT2D eigenvalue weighted by atomic mass is 16.5. The molecular formula is C15H18N2O3. The van der Waals surface area contributed by atoms with Gasteiger partial charge < -0.3 is 14.6 Å². The molecule has 1 aromatic carbocycles. The zero-order valence-electron chi connectivity index (χ0n) is 11.6. The Morgan fingerprint density at radius 3 is 2.80 bits per heavy atom. The number of hydrogen-bond donors (Lipinski definition) is 1. The fourth-order valence-electron chi connectivity index (χ4n) is 1.85. The van der Waals surface area contributed by atoms with Crippen LogP contribution in [0.2, 0.25) is 0 Å². The molecule has 0 saturated heterocycles. The van der Waals surface area contributed by atoms with Crippen molar-refractivity contribution in [1.82, 2.24) is 9.97 Å². The van der Waals surface area contributed by atoms with E-state index in [1.165, 1.54) is 19.5 Å². The molecule has 20 heavy (non-hydrogen) atoms. The molecule has 1 unspecified atom stereocenters. The van der Waals surface area contributed by atoms with Crippen LogP contribution in [0.4, 0.5) is 0 Å². The highest BCUT2D eigenvalue weighted by molar-refractivity contribution is 5.27. The lowest BCUT2D eigenvalue weighted by atomic mass is 10.2. The molecule has 2 aromatic rings. The van der Waals surface area contributed by atoms with E-state index in [0.29, 0.717) is 24.6 Å². The molecule has 0 fully saturated rings. The first kappa shape index (κ1) is 14.3. The summed E-state index contributed by atoms with van der Waals surface area (Å²) < 4.78 is 10.7. The topological polar surface area (TPSA) is 64.5 Å². The maximum atomic E-state index is 10.1. The van der Waals surface area contributed by atoms with Gasteiger partial charge in [0.15, 0.2) is 0 Å². The minimum atomic E-state index is -0.761. The summed E-state index contributed by atoms with van der Waals surface area (Å²) in [5, 5.41) is 10.1. The second-order valence-electron chi connectivity index (χ2n) is 4.42. The van der Waals surface area contributed by atoms with E-state index < -0.39 is 6.10 Å². The molecule has 1 aromatic heterocycles. The zero-order valence-corrected chi connectivity index (χ0v) is 11.6. The van der Waals surface area contributed by atoms with Gasteiger partial charge in [-0.2, -0.15) is 0 Å². The van der Waals surface area contributed by atoms with Crippen LogP contribution < -0.4 is 9.47 Å². The number of methoxy groups -OCH3 is 1. The van der Waals surface area contributed by atoms with Crippen LogP contribution in [0.5, 0.6) is 11.6 Å². The Balaban J connectivity index is 1.90. The van der Waals surface area contributed by atoms with E-state index >= 15 is 0 Å². The first-order valence-electron chi connectivity index (χ1n) is 6.43. The standard InChI is InChI=1S/C15H18N2O3/c1-11-4-3-5-12(10-11)20-9-6-13(18)14-15(19-2)17-8-7-16-14/h3-5,7-8,10,13,18H,6,9H2,1-2H3. The molecule has 0 amide bonds. The fourth-order valence-corrected chi connectivity index (χ4v) is 1.85. The molecule has 0 radical (unpaired) electrons. The highest BCUT2D eigenvalue weighted by Crippen LogP contribution is 2.22. The third-order valence-corrected chi connectivity index (χ3v) is 2.85. The molecule has 0 aliphatic heterocycles. The summed E-state index contributed by atoms with van der Waals surface area (Å²) >= 11 is 0. The van der Waals surface area contributed by atoms with E-state index in [0.717, 1.165) is 11.3 Å². The zero-order chi connectivity index (χ0) is 14.4. The van der Waals surface area contributed by atoms with Gasteiger partial charge in [-0.25, -0.2) is 4.98 Å². The molecule has 0 saturated carbocycles. The smallest absolute Gasteiger partial charge is 0.238 e. The molecule has 106 valence electrons. The Hall–Kier alpha value is -2.14. The Labute approximate surface area is 118 Å². The molecular weight excluding hydrogens is 256 g/mol. The second kappa shape index (κ2) is 6.86. The summed E-state index contributed by atoms with van der Waals surface area (Å²) in [6.07, 6.45) is 2.72. The van der Waals surface area contributed by atoms with E-state index in [9.17, 15) is 5.11 Å². The van der Waals surface area contributed by atoms with Crippen molar-refractivity contribution in [2.24, 2.45) is 0 Å². The number of aryl methyl sites for hydroxylation is 1. The largest absolute Gasteiger partial charge is 0.493 e. The van der Waals surface area contributed by atoms with Crippen LogP contribution in [0.3, 0.4) is 0 Å². The maximum absolute atomic E-state index is 10.1. The Morgan fingerprint density at radius 2 is 2.05 bits per heavy atom. The maximum Gasteiger partial charge on any atom is 0.238 e. The number of aliphatic hydroxyl groups excluding tert-OH is 1. The van der Waals surface area contributed by atoms with Gasteiger partial charge in [0.25, 0.3) is 0 Å². The summed E-state index contributed by atoms with van der Waals surface area (Å²) in [7, 11) is 1.50. The van der Waals surface area contributed by atoms with Crippen LogP contribution >= 0.6 is 0 Å². The Kier molecular flexibility index (Phi) is 4.90. The van der Waals surface area contributed by atoms with Crippen molar-refractivity contribution in [2.75, 3.05) is 13.7 Å². The summed E-state index contributed by atoms with van der Waals surface area (Å²) in [5.74, 6) is 1.14. The van der Waals surface area contributed by atoms with Crippen molar-refractivity contribution in [3.05, 3.63) is 47.9 Å². The molecule has 5 nitrogen and oxygen atoms in total. The van der Waals surface area contributed by atoms with Crippen LogP contribution in [0.25, 0.3) is 0 Å². The average molecular weight is 274 g/mol. The van der Waals surface area contributed by atoms with Crippen molar-refractivity contribution in [2.45, 2.75) is 19.4 Å². The van der Waals surface area contributed by atoms with E-state index in [1.807, 2.05) is 31.2 Å².